The van der Waals surface area contributed by atoms with Gasteiger partial charge < -0.3 is 11.1 Å². The SMILES string of the molecule is CNc1[nH]ncc1C(N)=O.Cl. The lowest BCUT2D eigenvalue weighted by Gasteiger charge is -1.94. The molecule has 0 fully saturated rings. The van der Waals surface area contributed by atoms with E-state index in [1.807, 2.05) is 0 Å². The zero-order valence-electron chi connectivity index (χ0n) is 5.92. The average Bonchev–Trinajstić information content (AvgIpc) is 2.33. The molecule has 0 aromatic carbocycles. The van der Waals surface area contributed by atoms with E-state index < -0.39 is 5.91 Å². The highest BCUT2D eigenvalue weighted by Crippen LogP contribution is 2.07. The summed E-state index contributed by atoms with van der Waals surface area (Å²) in [6, 6.07) is 0. The van der Waals surface area contributed by atoms with E-state index >= 15 is 0 Å². The maximum Gasteiger partial charge on any atom is 0.254 e. The highest BCUT2D eigenvalue weighted by Gasteiger charge is 2.07. The fourth-order valence-corrected chi connectivity index (χ4v) is 0.664. The number of hydrogen-bond donors (Lipinski definition) is 3. The Bertz CT molecular complexity index is 246. The molecule has 1 heterocycles. The summed E-state index contributed by atoms with van der Waals surface area (Å²) in [4.78, 5) is 10.6. The summed E-state index contributed by atoms with van der Waals surface area (Å²) in [6.45, 7) is 0. The van der Waals surface area contributed by atoms with E-state index in [9.17, 15) is 4.79 Å². The van der Waals surface area contributed by atoms with Gasteiger partial charge in [0.05, 0.1) is 6.20 Å². The molecule has 0 atom stereocenters. The van der Waals surface area contributed by atoms with Crippen LogP contribution in [0.5, 0.6) is 0 Å². The first-order valence-corrected chi connectivity index (χ1v) is 2.76. The maximum atomic E-state index is 10.6. The molecule has 0 saturated heterocycles. The van der Waals surface area contributed by atoms with Crippen LogP contribution in [0.25, 0.3) is 0 Å². The van der Waals surface area contributed by atoms with Crippen molar-refractivity contribution in [1.82, 2.24) is 10.2 Å². The second-order valence-corrected chi connectivity index (χ2v) is 1.77. The minimum absolute atomic E-state index is 0. The number of rotatable bonds is 2. The fourth-order valence-electron chi connectivity index (χ4n) is 0.664. The van der Waals surface area contributed by atoms with Crippen molar-refractivity contribution < 1.29 is 4.79 Å². The molecular weight excluding hydrogens is 168 g/mol. The second kappa shape index (κ2) is 3.82. The predicted molar refractivity (Wildman–Crippen MR) is 43.9 cm³/mol. The Labute approximate surface area is 69.8 Å². The van der Waals surface area contributed by atoms with E-state index in [0.717, 1.165) is 0 Å². The molecule has 1 aromatic rings. The van der Waals surface area contributed by atoms with Gasteiger partial charge in [-0.3, -0.25) is 9.89 Å². The van der Waals surface area contributed by atoms with Crippen LogP contribution < -0.4 is 11.1 Å². The molecule has 0 aliphatic heterocycles. The Morgan fingerprint density at radius 1 is 1.82 bits per heavy atom. The van der Waals surface area contributed by atoms with Crippen LogP contribution in [0, 0.1) is 0 Å². The summed E-state index contributed by atoms with van der Waals surface area (Å²) in [7, 11) is 1.68. The first-order valence-electron chi connectivity index (χ1n) is 2.76. The number of nitrogens with zero attached hydrogens (tertiary/aromatic N) is 1. The number of nitrogens with one attached hydrogen (secondary N) is 2. The first kappa shape index (κ1) is 9.77. The molecule has 4 N–H and O–H groups in total. The highest BCUT2D eigenvalue weighted by atomic mass is 35.5. The molecule has 1 aromatic heterocycles. The van der Waals surface area contributed by atoms with Crippen LogP contribution in [0.1, 0.15) is 10.4 Å². The Kier molecular flexibility index (Phi) is 3.39. The van der Waals surface area contributed by atoms with Crippen molar-refractivity contribution >= 4 is 24.1 Å². The molecule has 1 amide bonds. The number of amides is 1. The van der Waals surface area contributed by atoms with Gasteiger partial charge in [0.15, 0.2) is 0 Å². The van der Waals surface area contributed by atoms with E-state index in [2.05, 4.69) is 15.5 Å². The Morgan fingerprint density at radius 3 is 2.82 bits per heavy atom. The third kappa shape index (κ3) is 1.84. The van der Waals surface area contributed by atoms with Crippen LogP contribution in [-0.4, -0.2) is 23.2 Å². The van der Waals surface area contributed by atoms with Crippen LogP contribution in [0.2, 0.25) is 0 Å². The quantitative estimate of drug-likeness (QED) is 0.592. The summed E-state index contributed by atoms with van der Waals surface area (Å²) < 4.78 is 0. The number of primary amides is 1. The number of carbonyl (C=O) groups is 1. The Hall–Kier alpha value is -1.23. The van der Waals surface area contributed by atoms with Gasteiger partial charge in [0, 0.05) is 7.05 Å². The van der Waals surface area contributed by atoms with Crippen molar-refractivity contribution in [1.29, 1.82) is 0 Å². The average molecular weight is 177 g/mol. The molecule has 0 aliphatic rings. The van der Waals surface area contributed by atoms with Crippen molar-refractivity contribution in [3.8, 4) is 0 Å². The van der Waals surface area contributed by atoms with Gasteiger partial charge in [-0.15, -0.1) is 12.4 Å². The van der Waals surface area contributed by atoms with Crippen molar-refractivity contribution in [3.63, 3.8) is 0 Å². The summed E-state index contributed by atoms with van der Waals surface area (Å²) >= 11 is 0. The van der Waals surface area contributed by atoms with Gasteiger partial charge in [0.2, 0.25) is 0 Å². The summed E-state index contributed by atoms with van der Waals surface area (Å²) in [5.41, 5.74) is 5.37. The maximum absolute atomic E-state index is 10.6. The first-order chi connectivity index (χ1) is 4.75. The lowest BCUT2D eigenvalue weighted by Crippen LogP contribution is -2.11. The zero-order chi connectivity index (χ0) is 7.56. The third-order valence-electron chi connectivity index (χ3n) is 1.15. The molecule has 0 spiro atoms. The van der Waals surface area contributed by atoms with Gasteiger partial charge in [-0.05, 0) is 0 Å². The lowest BCUT2D eigenvalue weighted by molar-refractivity contribution is 0.100. The van der Waals surface area contributed by atoms with E-state index in [4.69, 9.17) is 5.73 Å². The van der Waals surface area contributed by atoms with Crippen LogP contribution >= 0.6 is 12.4 Å². The smallest absolute Gasteiger partial charge is 0.254 e. The number of nitrogens with two attached hydrogens (primary N) is 1. The minimum Gasteiger partial charge on any atom is -0.373 e. The molecule has 0 radical (unpaired) electrons. The molecular formula is C5H9ClN4O. The van der Waals surface area contributed by atoms with Crippen molar-refractivity contribution in [2.45, 2.75) is 0 Å². The summed E-state index contributed by atoms with van der Waals surface area (Å²) in [5, 5.41) is 8.94. The molecule has 1 rings (SSSR count). The summed E-state index contributed by atoms with van der Waals surface area (Å²) in [5.74, 6) is 0.0607. The number of anilines is 1. The lowest BCUT2D eigenvalue weighted by atomic mass is 10.3. The van der Waals surface area contributed by atoms with Gasteiger partial charge >= 0.3 is 0 Å². The van der Waals surface area contributed by atoms with E-state index in [1.165, 1.54) is 6.20 Å². The second-order valence-electron chi connectivity index (χ2n) is 1.77. The number of H-pyrrole nitrogens is 1. The zero-order valence-corrected chi connectivity index (χ0v) is 6.73. The van der Waals surface area contributed by atoms with Gasteiger partial charge in [-0.25, -0.2) is 0 Å². The van der Waals surface area contributed by atoms with Crippen molar-refractivity contribution in [3.05, 3.63) is 11.8 Å². The molecule has 11 heavy (non-hydrogen) atoms. The number of hydrogen-bond acceptors (Lipinski definition) is 3. The van der Waals surface area contributed by atoms with Crippen LogP contribution in [0.15, 0.2) is 6.20 Å². The fraction of sp³-hybridized carbons (Fsp3) is 0.200. The number of aromatic nitrogens is 2. The summed E-state index contributed by atoms with van der Waals surface area (Å²) in [6.07, 6.45) is 1.38. The molecule has 62 valence electrons. The minimum atomic E-state index is -0.488. The molecule has 5 nitrogen and oxygen atoms in total. The van der Waals surface area contributed by atoms with E-state index in [0.29, 0.717) is 11.4 Å². The van der Waals surface area contributed by atoms with Crippen molar-refractivity contribution in [2.75, 3.05) is 12.4 Å². The Balaban J connectivity index is 0.000001000. The van der Waals surface area contributed by atoms with Gasteiger partial charge in [-0.2, -0.15) is 5.10 Å². The molecule has 0 bridgehead atoms. The third-order valence-corrected chi connectivity index (χ3v) is 1.15. The highest BCUT2D eigenvalue weighted by molar-refractivity contribution is 5.97. The molecule has 0 saturated carbocycles. The van der Waals surface area contributed by atoms with Crippen LogP contribution in [-0.2, 0) is 0 Å². The standard InChI is InChI=1S/C5H8N4O.ClH/c1-7-5-3(4(6)10)2-8-9-5;/h2H,1H3,(H2,6,10)(H2,7,8,9);1H. The van der Waals surface area contributed by atoms with Crippen LogP contribution in [0.4, 0.5) is 5.82 Å². The topological polar surface area (TPSA) is 83.8 Å². The van der Waals surface area contributed by atoms with Gasteiger partial charge in [-0.1, -0.05) is 0 Å². The molecule has 0 aliphatic carbocycles. The largest absolute Gasteiger partial charge is 0.373 e. The van der Waals surface area contributed by atoms with Crippen molar-refractivity contribution in [2.24, 2.45) is 5.73 Å². The normalized spacial score (nSPS) is 8.45. The predicted octanol–water partition coefficient (Wildman–Crippen LogP) is -0.0279. The molecule has 0 unspecified atom stereocenters. The monoisotopic (exact) mass is 176 g/mol. The van der Waals surface area contributed by atoms with Gasteiger partial charge in [0.1, 0.15) is 11.4 Å². The van der Waals surface area contributed by atoms with E-state index in [-0.39, 0.29) is 12.4 Å². The van der Waals surface area contributed by atoms with E-state index in [1.54, 1.807) is 7.05 Å². The number of aromatic amines is 1. The Morgan fingerprint density at radius 2 is 2.45 bits per heavy atom. The van der Waals surface area contributed by atoms with Gasteiger partial charge in [0.25, 0.3) is 5.91 Å². The number of halogens is 1. The number of carbonyl (C=O) groups excluding carboxylic acids is 1. The molecule has 6 heteroatoms. The van der Waals surface area contributed by atoms with Crippen LogP contribution in [0.3, 0.4) is 0 Å².